The molecule has 0 saturated carbocycles. The zero-order valence-corrected chi connectivity index (χ0v) is 13.3. The van der Waals surface area contributed by atoms with Crippen molar-refractivity contribution in [1.82, 2.24) is 4.31 Å². The van der Waals surface area contributed by atoms with Gasteiger partial charge in [0.1, 0.15) is 4.90 Å². The topological polar surface area (TPSA) is 61.2 Å². The molecule has 4 nitrogen and oxygen atoms in total. The highest BCUT2D eigenvalue weighted by molar-refractivity contribution is 7.98. The lowest BCUT2D eigenvalue weighted by Gasteiger charge is -2.24. The van der Waals surface area contributed by atoms with Crippen LogP contribution in [0.5, 0.6) is 0 Å². The van der Waals surface area contributed by atoms with E-state index in [4.69, 9.17) is 16.9 Å². The molecule has 1 aromatic rings. The van der Waals surface area contributed by atoms with Gasteiger partial charge in [-0.25, -0.2) is 8.42 Å². The zero-order valence-electron chi connectivity index (χ0n) is 10.9. The van der Waals surface area contributed by atoms with E-state index in [0.717, 1.165) is 0 Å². The molecule has 19 heavy (non-hydrogen) atoms. The van der Waals surface area contributed by atoms with Crippen LogP contribution >= 0.6 is 23.4 Å². The monoisotopic (exact) mass is 318 g/mol. The van der Waals surface area contributed by atoms with Gasteiger partial charge in [0.2, 0.25) is 10.0 Å². The van der Waals surface area contributed by atoms with Crippen LogP contribution in [0.4, 0.5) is 0 Å². The Balaban J connectivity index is 3.17. The van der Waals surface area contributed by atoms with Crippen LogP contribution in [0, 0.1) is 11.3 Å². The van der Waals surface area contributed by atoms with Crippen LogP contribution in [0.25, 0.3) is 0 Å². The van der Waals surface area contributed by atoms with Gasteiger partial charge in [0.25, 0.3) is 0 Å². The molecule has 1 unspecified atom stereocenters. The van der Waals surface area contributed by atoms with E-state index in [0.29, 0.717) is 11.3 Å². The Morgan fingerprint density at radius 3 is 2.63 bits per heavy atom. The first kappa shape index (κ1) is 16.3. The average Bonchev–Trinajstić information content (AvgIpc) is 2.37. The van der Waals surface area contributed by atoms with Crippen LogP contribution in [0.1, 0.15) is 12.5 Å². The number of nitriles is 1. The maximum atomic E-state index is 12.4. The van der Waals surface area contributed by atoms with E-state index in [1.54, 1.807) is 11.8 Å². The molecular weight excluding hydrogens is 304 g/mol. The summed E-state index contributed by atoms with van der Waals surface area (Å²) in [5, 5.41) is 8.82. The largest absolute Gasteiger partial charge is 0.244 e. The standard InChI is InChI=1S/C12H15ClN2O2S2/c1-9(8-18-3)15(2)19(16,17)12-5-4-10(7-14)6-11(12)13/h4-6,9H,8H2,1-3H3. The summed E-state index contributed by atoms with van der Waals surface area (Å²) in [5.41, 5.74) is 0.337. The SMILES string of the molecule is CSCC(C)N(C)S(=O)(=O)c1ccc(C#N)cc1Cl. The Bertz CT molecular complexity index is 596. The van der Waals surface area contributed by atoms with E-state index in [9.17, 15) is 8.42 Å². The first-order chi connectivity index (χ1) is 8.84. The van der Waals surface area contributed by atoms with Gasteiger partial charge < -0.3 is 0 Å². The molecule has 104 valence electrons. The molecule has 0 fully saturated rings. The average molecular weight is 319 g/mol. The van der Waals surface area contributed by atoms with Crippen molar-refractivity contribution < 1.29 is 8.42 Å². The summed E-state index contributed by atoms with van der Waals surface area (Å²) in [4.78, 5) is 0.0311. The Kier molecular flexibility index (Phi) is 5.68. The number of halogens is 1. The predicted molar refractivity (Wildman–Crippen MR) is 79.0 cm³/mol. The normalized spacial score (nSPS) is 13.3. The van der Waals surface area contributed by atoms with Gasteiger partial charge in [-0.3, -0.25) is 0 Å². The molecule has 0 aliphatic heterocycles. The zero-order chi connectivity index (χ0) is 14.6. The van der Waals surface area contributed by atoms with Crippen molar-refractivity contribution in [2.45, 2.75) is 17.9 Å². The maximum Gasteiger partial charge on any atom is 0.244 e. The van der Waals surface area contributed by atoms with Crippen LogP contribution in [-0.2, 0) is 10.0 Å². The number of benzene rings is 1. The van der Waals surface area contributed by atoms with Crippen molar-refractivity contribution in [3.8, 4) is 6.07 Å². The molecule has 1 aromatic carbocycles. The van der Waals surface area contributed by atoms with Crippen molar-refractivity contribution >= 4 is 33.4 Å². The van der Waals surface area contributed by atoms with Gasteiger partial charge in [0, 0.05) is 18.8 Å². The molecule has 7 heteroatoms. The number of rotatable bonds is 5. The number of hydrogen-bond acceptors (Lipinski definition) is 4. The fourth-order valence-electron chi connectivity index (χ4n) is 1.52. The molecule has 0 N–H and O–H groups in total. The molecule has 1 rings (SSSR count). The molecule has 0 radical (unpaired) electrons. The van der Waals surface area contributed by atoms with Gasteiger partial charge in [-0.1, -0.05) is 11.6 Å². The Morgan fingerprint density at radius 2 is 2.16 bits per heavy atom. The molecule has 0 amide bonds. The van der Waals surface area contributed by atoms with Crippen molar-refractivity contribution in [3.05, 3.63) is 28.8 Å². The van der Waals surface area contributed by atoms with Crippen molar-refractivity contribution in [2.75, 3.05) is 19.1 Å². The summed E-state index contributed by atoms with van der Waals surface area (Å²) in [6.45, 7) is 1.84. The van der Waals surface area contributed by atoms with Crippen molar-refractivity contribution in [1.29, 1.82) is 5.26 Å². The summed E-state index contributed by atoms with van der Waals surface area (Å²) in [6.07, 6.45) is 1.92. The van der Waals surface area contributed by atoms with Crippen LogP contribution in [0.2, 0.25) is 5.02 Å². The van der Waals surface area contributed by atoms with Gasteiger partial charge in [0.05, 0.1) is 16.7 Å². The van der Waals surface area contributed by atoms with Gasteiger partial charge in [-0.2, -0.15) is 21.3 Å². The van der Waals surface area contributed by atoms with E-state index in [1.807, 2.05) is 19.2 Å². The molecule has 0 heterocycles. The van der Waals surface area contributed by atoms with E-state index >= 15 is 0 Å². The van der Waals surface area contributed by atoms with Crippen LogP contribution in [0.3, 0.4) is 0 Å². The molecule has 0 aromatic heterocycles. The van der Waals surface area contributed by atoms with Crippen molar-refractivity contribution in [3.63, 3.8) is 0 Å². The lowest BCUT2D eigenvalue weighted by Crippen LogP contribution is -2.36. The fourth-order valence-corrected chi connectivity index (χ4v) is 4.20. The van der Waals surface area contributed by atoms with E-state index in [1.165, 1.54) is 29.6 Å². The van der Waals surface area contributed by atoms with E-state index in [2.05, 4.69) is 0 Å². The summed E-state index contributed by atoms with van der Waals surface area (Å²) in [5.74, 6) is 0.698. The van der Waals surface area contributed by atoms with E-state index in [-0.39, 0.29) is 16.0 Å². The quantitative estimate of drug-likeness (QED) is 0.837. The summed E-state index contributed by atoms with van der Waals surface area (Å²) in [7, 11) is -2.10. The van der Waals surface area contributed by atoms with Crippen molar-refractivity contribution in [2.24, 2.45) is 0 Å². The third kappa shape index (κ3) is 3.63. The third-order valence-electron chi connectivity index (χ3n) is 2.75. The highest BCUT2D eigenvalue weighted by atomic mass is 35.5. The minimum atomic E-state index is -3.64. The smallest absolute Gasteiger partial charge is 0.207 e. The molecule has 0 spiro atoms. The van der Waals surface area contributed by atoms with Gasteiger partial charge in [0.15, 0.2) is 0 Å². The second-order valence-electron chi connectivity index (χ2n) is 4.08. The number of hydrogen-bond donors (Lipinski definition) is 0. The van der Waals surface area contributed by atoms with Gasteiger partial charge in [-0.15, -0.1) is 0 Å². The van der Waals surface area contributed by atoms with Crippen LogP contribution < -0.4 is 0 Å². The fraction of sp³-hybridized carbons (Fsp3) is 0.417. The summed E-state index contributed by atoms with van der Waals surface area (Å²) in [6, 6.07) is 5.98. The lowest BCUT2D eigenvalue weighted by molar-refractivity contribution is 0.415. The second kappa shape index (κ2) is 6.62. The van der Waals surface area contributed by atoms with E-state index < -0.39 is 10.0 Å². The Labute approximate surface area is 123 Å². The number of nitrogens with zero attached hydrogens (tertiary/aromatic N) is 2. The van der Waals surface area contributed by atoms with Crippen LogP contribution in [0.15, 0.2) is 23.1 Å². The molecule has 0 aliphatic carbocycles. The minimum Gasteiger partial charge on any atom is -0.207 e. The molecule has 0 bridgehead atoms. The predicted octanol–water partition coefficient (Wildman–Crippen LogP) is 2.58. The minimum absolute atomic E-state index is 0.0311. The maximum absolute atomic E-state index is 12.4. The number of sulfonamides is 1. The molecule has 1 atom stereocenters. The number of thioether (sulfide) groups is 1. The lowest BCUT2D eigenvalue weighted by atomic mass is 10.2. The first-order valence-electron chi connectivity index (χ1n) is 5.51. The Morgan fingerprint density at radius 1 is 1.53 bits per heavy atom. The highest BCUT2D eigenvalue weighted by Gasteiger charge is 2.27. The Hall–Kier alpha value is -0.740. The molecule has 0 saturated heterocycles. The summed E-state index contributed by atoms with van der Waals surface area (Å²) >= 11 is 7.53. The highest BCUT2D eigenvalue weighted by Crippen LogP contribution is 2.26. The summed E-state index contributed by atoms with van der Waals surface area (Å²) < 4.78 is 26.1. The molecular formula is C12H15ClN2O2S2. The first-order valence-corrected chi connectivity index (χ1v) is 8.72. The molecule has 0 aliphatic rings. The van der Waals surface area contributed by atoms with Gasteiger partial charge in [-0.05, 0) is 31.4 Å². The van der Waals surface area contributed by atoms with Gasteiger partial charge >= 0.3 is 0 Å². The third-order valence-corrected chi connectivity index (χ3v) is 6.02. The van der Waals surface area contributed by atoms with Crippen LogP contribution in [-0.4, -0.2) is 37.8 Å². The second-order valence-corrected chi connectivity index (χ2v) is 7.37.